The minimum atomic E-state index is -0.170. The second kappa shape index (κ2) is 6.96. The Labute approximate surface area is 122 Å². The van der Waals surface area contributed by atoms with Gasteiger partial charge in [0, 0.05) is 23.6 Å². The summed E-state index contributed by atoms with van der Waals surface area (Å²) >= 11 is 12.7. The van der Waals surface area contributed by atoms with Crippen molar-refractivity contribution in [3.63, 3.8) is 0 Å². The molecule has 0 radical (unpaired) electrons. The van der Waals surface area contributed by atoms with E-state index in [2.05, 4.69) is 46.5 Å². The number of hydrogen-bond acceptors (Lipinski definition) is 1. The molecule has 18 heavy (non-hydrogen) atoms. The fraction of sp³-hybridized carbons (Fsp3) is 1.00. The first-order valence-electron chi connectivity index (χ1n) is 6.58. The normalized spacial score (nSPS) is 17.9. The van der Waals surface area contributed by atoms with Gasteiger partial charge in [-0.3, -0.25) is 0 Å². The van der Waals surface area contributed by atoms with Crippen LogP contribution in [0, 0.1) is 16.2 Å². The summed E-state index contributed by atoms with van der Waals surface area (Å²) in [5.74, 6) is 0. The van der Waals surface area contributed by atoms with E-state index >= 15 is 0 Å². The second-order valence-corrected chi connectivity index (χ2v) is 8.58. The average Bonchev–Trinajstić information content (AvgIpc) is 2.11. The number of nitrogens with zero attached hydrogens (tertiary/aromatic N) is 2. The van der Waals surface area contributed by atoms with E-state index in [0.717, 1.165) is 6.42 Å². The van der Waals surface area contributed by atoms with E-state index in [0.29, 0.717) is 12.8 Å². The Bertz CT molecular complexity index is 284. The van der Waals surface area contributed by atoms with Crippen LogP contribution in [0.5, 0.6) is 0 Å². The summed E-state index contributed by atoms with van der Waals surface area (Å²) in [7, 11) is 0. The maximum absolute atomic E-state index is 9.10. The molecule has 0 heterocycles. The standard InChI is InChI=1S/C14H27Cl2N2/c1-13(2,3)9-10(15)7-11(18-17)8-12(16)14(4,5)6/h10-12H,7-9H2,1-6H3/q+1. The predicted octanol–water partition coefficient (Wildman–Crippen LogP) is 5.69. The zero-order valence-electron chi connectivity index (χ0n) is 12.5. The molecule has 0 aliphatic rings. The maximum atomic E-state index is 9.10. The van der Waals surface area contributed by atoms with Crippen LogP contribution in [0.1, 0.15) is 60.8 Å². The molecule has 0 aromatic rings. The van der Waals surface area contributed by atoms with Gasteiger partial charge in [0.1, 0.15) is 4.98 Å². The molecular formula is C14H27Cl2N2+. The fourth-order valence-corrected chi connectivity index (χ4v) is 2.70. The van der Waals surface area contributed by atoms with Gasteiger partial charge in [-0.1, -0.05) is 41.5 Å². The Balaban J connectivity index is 4.33. The summed E-state index contributed by atoms with van der Waals surface area (Å²) in [5, 5.41) is 9.10. The monoisotopic (exact) mass is 293 g/mol. The Morgan fingerprint density at radius 3 is 1.83 bits per heavy atom. The molecule has 0 aromatic heterocycles. The summed E-state index contributed by atoms with van der Waals surface area (Å²) in [5.41, 5.74) is 0.202. The maximum Gasteiger partial charge on any atom is 0.317 e. The van der Waals surface area contributed by atoms with Crippen LogP contribution >= 0.6 is 23.2 Å². The van der Waals surface area contributed by atoms with Gasteiger partial charge < -0.3 is 0 Å². The quantitative estimate of drug-likeness (QED) is 0.473. The van der Waals surface area contributed by atoms with Crippen LogP contribution in [-0.2, 0) is 0 Å². The molecule has 0 rings (SSSR count). The molecule has 0 bridgehead atoms. The van der Waals surface area contributed by atoms with Crippen LogP contribution < -0.4 is 0 Å². The van der Waals surface area contributed by atoms with Crippen molar-refractivity contribution in [2.75, 3.05) is 0 Å². The first-order valence-corrected chi connectivity index (χ1v) is 7.45. The molecule has 2 nitrogen and oxygen atoms in total. The largest absolute Gasteiger partial charge is 0.317 e. The molecule has 0 N–H and O–H groups in total. The third-order valence-corrected chi connectivity index (χ3v) is 4.11. The SMILES string of the molecule is CC(C)(C)CC(Cl)CC(CC(Cl)C(C)(C)C)[N+]#N. The van der Waals surface area contributed by atoms with Gasteiger partial charge in [0.2, 0.25) is 5.39 Å². The molecule has 0 fully saturated rings. The Hall–Kier alpha value is 0. The highest BCUT2D eigenvalue weighted by Gasteiger charge is 2.33. The van der Waals surface area contributed by atoms with Crippen molar-refractivity contribution in [2.45, 2.75) is 77.6 Å². The third-order valence-electron chi connectivity index (χ3n) is 2.94. The summed E-state index contributed by atoms with van der Waals surface area (Å²) < 4.78 is 0. The molecule has 4 heteroatoms. The third kappa shape index (κ3) is 8.16. The van der Waals surface area contributed by atoms with Crippen molar-refractivity contribution in [3.8, 4) is 0 Å². The molecule has 0 aliphatic heterocycles. The minimum Gasteiger partial charge on any atom is -0.123 e. The smallest absolute Gasteiger partial charge is 0.123 e. The van der Waals surface area contributed by atoms with Crippen LogP contribution in [0.15, 0.2) is 0 Å². The van der Waals surface area contributed by atoms with Crippen LogP contribution in [-0.4, -0.2) is 16.8 Å². The van der Waals surface area contributed by atoms with Crippen molar-refractivity contribution in [1.29, 1.82) is 5.39 Å². The van der Waals surface area contributed by atoms with Crippen LogP contribution in [0.4, 0.5) is 0 Å². The molecule has 0 aromatic carbocycles. The van der Waals surface area contributed by atoms with E-state index in [1.54, 1.807) is 0 Å². The van der Waals surface area contributed by atoms with Gasteiger partial charge in [-0.15, -0.1) is 23.2 Å². The van der Waals surface area contributed by atoms with Gasteiger partial charge in [0.25, 0.3) is 0 Å². The fourth-order valence-electron chi connectivity index (χ4n) is 1.83. The lowest BCUT2D eigenvalue weighted by atomic mass is 9.85. The molecular weight excluding hydrogens is 267 g/mol. The van der Waals surface area contributed by atoms with Gasteiger partial charge in [-0.2, -0.15) is 0 Å². The Morgan fingerprint density at radius 1 is 1.00 bits per heavy atom. The van der Waals surface area contributed by atoms with Gasteiger partial charge in [-0.25, -0.2) is 0 Å². The van der Waals surface area contributed by atoms with E-state index in [1.165, 1.54) is 0 Å². The number of diazo groups is 1. The number of alkyl halides is 2. The number of hydrogen-bond donors (Lipinski definition) is 0. The summed E-state index contributed by atoms with van der Waals surface area (Å²) in [6.07, 6.45) is 2.24. The van der Waals surface area contributed by atoms with Crippen LogP contribution in [0.3, 0.4) is 0 Å². The van der Waals surface area contributed by atoms with E-state index in [9.17, 15) is 0 Å². The first kappa shape index (κ1) is 18.0. The van der Waals surface area contributed by atoms with Crippen LogP contribution in [0.25, 0.3) is 4.98 Å². The highest BCUT2D eigenvalue weighted by molar-refractivity contribution is 6.21. The van der Waals surface area contributed by atoms with Crippen molar-refractivity contribution in [3.05, 3.63) is 4.98 Å². The number of rotatable bonds is 5. The molecule has 3 unspecified atom stereocenters. The predicted molar refractivity (Wildman–Crippen MR) is 80.9 cm³/mol. The zero-order chi connectivity index (χ0) is 14.6. The van der Waals surface area contributed by atoms with Crippen molar-refractivity contribution < 1.29 is 0 Å². The van der Waals surface area contributed by atoms with E-state index in [4.69, 9.17) is 28.6 Å². The summed E-state index contributed by atoms with van der Waals surface area (Å²) in [4.78, 5) is 3.44. The highest BCUT2D eigenvalue weighted by atomic mass is 35.5. The van der Waals surface area contributed by atoms with E-state index < -0.39 is 0 Å². The van der Waals surface area contributed by atoms with Crippen molar-refractivity contribution in [2.24, 2.45) is 10.8 Å². The topological polar surface area (TPSA) is 28.1 Å². The summed E-state index contributed by atoms with van der Waals surface area (Å²) in [6.45, 7) is 12.7. The molecule has 0 spiro atoms. The van der Waals surface area contributed by atoms with Crippen LogP contribution in [0.2, 0.25) is 0 Å². The lowest BCUT2D eigenvalue weighted by molar-refractivity contribution is 0.338. The summed E-state index contributed by atoms with van der Waals surface area (Å²) in [6, 6.07) is -0.170. The average molecular weight is 294 g/mol. The Kier molecular flexibility index (Phi) is 6.96. The van der Waals surface area contributed by atoms with Gasteiger partial charge in [0.15, 0.2) is 0 Å². The molecule has 0 aliphatic carbocycles. The zero-order valence-corrected chi connectivity index (χ0v) is 14.0. The molecule has 0 amide bonds. The highest BCUT2D eigenvalue weighted by Crippen LogP contribution is 2.32. The van der Waals surface area contributed by atoms with E-state index in [1.807, 2.05) is 0 Å². The number of halogens is 2. The van der Waals surface area contributed by atoms with Crippen molar-refractivity contribution in [1.82, 2.24) is 0 Å². The van der Waals surface area contributed by atoms with Gasteiger partial charge in [-0.05, 0) is 17.3 Å². The first-order chi connectivity index (χ1) is 7.95. The van der Waals surface area contributed by atoms with Crippen molar-refractivity contribution >= 4 is 23.2 Å². The molecule has 106 valence electrons. The van der Waals surface area contributed by atoms with Gasteiger partial charge in [0.05, 0.1) is 0 Å². The minimum absolute atomic E-state index is 0.0103. The Morgan fingerprint density at radius 2 is 1.50 bits per heavy atom. The van der Waals surface area contributed by atoms with Gasteiger partial charge >= 0.3 is 6.04 Å². The van der Waals surface area contributed by atoms with E-state index in [-0.39, 0.29) is 27.6 Å². The lowest BCUT2D eigenvalue weighted by Gasteiger charge is -2.25. The lowest BCUT2D eigenvalue weighted by Crippen LogP contribution is -2.26. The molecule has 3 atom stereocenters. The molecule has 0 saturated carbocycles. The molecule has 0 saturated heterocycles. The second-order valence-electron chi connectivity index (χ2n) is 7.44.